The molecule has 0 N–H and O–H groups in total. The normalized spacial score (nSPS) is 23.0. The number of Topliss-reactive ketones (excluding diaryl/α,β-unsaturated/α-hetero) is 1. The molecule has 0 spiro atoms. The predicted molar refractivity (Wildman–Crippen MR) is 54.7 cm³/mol. The lowest BCUT2D eigenvalue weighted by atomic mass is 9.96. The van der Waals surface area contributed by atoms with Crippen molar-refractivity contribution < 1.29 is 4.79 Å². The number of hydrogen-bond donors (Lipinski definition) is 0. The fourth-order valence-electron chi connectivity index (χ4n) is 2.14. The van der Waals surface area contributed by atoms with E-state index in [2.05, 4.69) is 18.7 Å². The van der Waals surface area contributed by atoms with Crippen molar-refractivity contribution >= 4 is 5.78 Å². The third-order valence-electron chi connectivity index (χ3n) is 3.11. The molecule has 0 bridgehead atoms. The first kappa shape index (κ1) is 10.7. The van der Waals surface area contributed by atoms with E-state index in [1.54, 1.807) is 6.92 Å². The Morgan fingerprint density at radius 2 is 2.00 bits per heavy atom. The maximum Gasteiger partial charge on any atom is 0.146 e. The van der Waals surface area contributed by atoms with Crippen molar-refractivity contribution in [2.24, 2.45) is 5.92 Å². The Morgan fingerprint density at radius 1 is 1.46 bits per heavy atom. The molecule has 1 fully saturated rings. The summed E-state index contributed by atoms with van der Waals surface area (Å²) in [5, 5.41) is 0. The maximum atomic E-state index is 11.3. The zero-order chi connectivity index (χ0) is 9.84. The highest BCUT2D eigenvalue weighted by molar-refractivity contribution is 5.81. The average molecular weight is 183 g/mol. The Hall–Kier alpha value is -0.370. The fraction of sp³-hybridized carbons (Fsp3) is 0.909. The molecule has 1 saturated heterocycles. The summed E-state index contributed by atoms with van der Waals surface area (Å²) in [7, 11) is 0. The van der Waals surface area contributed by atoms with Crippen LogP contribution in [-0.4, -0.2) is 29.8 Å². The molecule has 76 valence electrons. The third kappa shape index (κ3) is 2.80. The Labute approximate surface area is 81.3 Å². The van der Waals surface area contributed by atoms with Gasteiger partial charge in [-0.1, -0.05) is 13.8 Å². The number of nitrogens with zero attached hydrogens (tertiary/aromatic N) is 1. The number of carbonyl (C=O) groups excluding carboxylic acids is 1. The van der Waals surface area contributed by atoms with Crippen LogP contribution in [0.1, 0.15) is 40.0 Å². The van der Waals surface area contributed by atoms with Crippen LogP contribution in [0.25, 0.3) is 0 Å². The van der Waals surface area contributed by atoms with E-state index >= 15 is 0 Å². The Bertz CT molecular complexity index is 171. The monoisotopic (exact) mass is 183 g/mol. The summed E-state index contributed by atoms with van der Waals surface area (Å²) in [5.74, 6) is 1.18. The molecule has 0 aliphatic carbocycles. The summed E-state index contributed by atoms with van der Waals surface area (Å²) in [6, 6.07) is 0.187. The molecule has 0 radical (unpaired) electrons. The topological polar surface area (TPSA) is 20.3 Å². The fourth-order valence-corrected chi connectivity index (χ4v) is 2.14. The molecule has 0 amide bonds. The predicted octanol–water partition coefficient (Wildman–Crippen LogP) is 2.09. The number of likely N-dealkylation sites (tertiary alicyclic amines) is 1. The molecule has 0 aromatic carbocycles. The van der Waals surface area contributed by atoms with Crippen LogP contribution in [0, 0.1) is 5.92 Å². The zero-order valence-electron chi connectivity index (χ0n) is 9.05. The summed E-state index contributed by atoms with van der Waals surface area (Å²) >= 11 is 0. The first-order valence-corrected chi connectivity index (χ1v) is 5.39. The summed E-state index contributed by atoms with van der Waals surface area (Å²) < 4.78 is 0. The highest BCUT2D eigenvalue weighted by Gasteiger charge is 2.24. The molecule has 1 atom stereocenters. The summed E-state index contributed by atoms with van der Waals surface area (Å²) in [6.07, 6.45) is 3.47. The standard InChI is InChI=1S/C11H21NO/c1-4-11(10(3)13)12-7-5-9(2)6-8-12/h9,11H,4-8H2,1-3H3. The van der Waals surface area contributed by atoms with E-state index in [0.717, 1.165) is 25.4 Å². The van der Waals surface area contributed by atoms with Gasteiger partial charge < -0.3 is 0 Å². The lowest BCUT2D eigenvalue weighted by molar-refractivity contribution is -0.122. The van der Waals surface area contributed by atoms with E-state index in [1.807, 2.05) is 0 Å². The summed E-state index contributed by atoms with van der Waals surface area (Å²) in [6.45, 7) is 8.33. The quantitative estimate of drug-likeness (QED) is 0.667. The minimum atomic E-state index is 0.187. The molecule has 0 aromatic rings. The largest absolute Gasteiger partial charge is 0.298 e. The number of piperidine rings is 1. The number of ketones is 1. The maximum absolute atomic E-state index is 11.3. The van der Waals surface area contributed by atoms with Gasteiger partial charge in [0, 0.05) is 0 Å². The SMILES string of the molecule is CCC(C(C)=O)N1CCC(C)CC1. The first-order valence-electron chi connectivity index (χ1n) is 5.39. The van der Waals surface area contributed by atoms with Gasteiger partial charge in [0.25, 0.3) is 0 Å². The molecule has 0 aromatic heterocycles. The van der Waals surface area contributed by atoms with Crippen LogP contribution >= 0.6 is 0 Å². The molecule has 1 heterocycles. The van der Waals surface area contributed by atoms with Crippen LogP contribution in [0.5, 0.6) is 0 Å². The van der Waals surface area contributed by atoms with Gasteiger partial charge in [-0.15, -0.1) is 0 Å². The minimum Gasteiger partial charge on any atom is -0.298 e. The number of carbonyl (C=O) groups is 1. The molecule has 13 heavy (non-hydrogen) atoms. The lowest BCUT2D eigenvalue weighted by Crippen LogP contribution is -2.44. The van der Waals surface area contributed by atoms with Crippen molar-refractivity contribution in [2.75, 3.05) is 13.1 Å². The molecular formula is C11H21NO. The van der Waals surface area contributed by atoms with Crippen molar-refractivity contribution in [2.45, 2.75) is 46.1 Å². The second kappa shape index (κ2) is 4.75. The van der Waals surface area contributed by atoms with Gasteiger partial charge in [0.1, 0.15) is 5.78 Å². The average Bonchev–Trinajstić information content (AvgIpc) is 2.09. The number of hydrogen-bond acceptors (Lipinski definition) is 2. The second-order valence-corrected chi connectivity index (χ2v) is 4.25. The van der Waals surface area contributed by atoms with E-state index in [1.165, 1.54) is 12.8 Å². The Balaban J connectivity index is 2.46. The van der Waals surface area contributed by atoms with Crippen molar-refractivity contribution in [3.8, 4) is 0 Å². The second-order valence-electron chi connectivity index (χ2n) is 4.25. The van der Waals surface area contributed by atoms with Crippen LogP contribution in [0.3, 0.4) is 0 Å². The van der Waals surface area contributed by atoms with Crippen LogP contribution in [-0.2, 0) is 4.79 Å². The van der Waals surface area contributed by atoms with E-state index in [9.17, 15) is 4.79 Å². The third-order valence-corrected chi connectivity index (χ3v) is 3.11. The Kier molecular flexibility index (Phi) is 3.91. The lowest BCUT2D eigenvalue weighted by Gasteiger charge is -2.34. The van der Waals surface area contributed by atoms with Crippen LogP contribution < -0.4 is 0 Å². The molecular weight excluding hydrogens is 162 g/mol. The molecule has 1 rings (SSSR count). The van der Waals surface area contributed by atoms with Crippen molar-refractivity contribution in [3.05, 3.63) is 0 Å². The van der Waals surface area contributed by atoms with Gasteiger partial charge in [0.15, 0.2) is 0 Å². The summed E-state index contributed by atoms with van der Waals surface area (Å²) in [4.78, 5) is 13.7. The molecule has 1 aliphatic heterocycles. The van der Waals surface area contributed by atoms with E-state index in [0.29, 0.717) is 5.78 Å². The minimum absolute atomic E-state index is 0.187. The highest BCUT2D eigenvalue weighted by atomic mass is 16.1. The molecule has 1 aliphatic rings. The molecule has 1 unspecified atom stereocenters. The van der Waals surface area contributed by atoms with Gasteiger partial charge in [-0.25, -0.2) is 0 Å². The van der Waals surface area contributed by atoms with Crippen LogP contribution in [0.2, 0.25) is 0 Å². The van der Waals surface area contributed by atoms with E-state index in [4.69, 9.17) is 0 Å². The van der Waals surface area contributed by atoms with Crippen LogP contribution in [0.4, 0.5) is 0 Å². The van der Waals surface area contributed by atoms with Gasteiger partial charge in [0.05, 0.1) is 6.04 Å². The van der Waals surface area contributed by atoms with Gasteiger partial charge in [0.2, 0.25) is 0 Å². The van der Waals surface area contributed by atoms with E-state index in [-0.39, 0.29) is 6.04 Å². The van der Waals surface area contributed by atoms with Crippen molar-refractivity contribution in [3.63, 3.8) is 0 Å². The molecule has 2 heteroatoms. The Morgan fingerprint density at radius 3 is 2.38 bits per heavy atom. The summed E-state index contributed by atoms with van der Waals surface area (Å²) in [5.41, 5.74) is 0. The van der Waals surface area contributed by atoms with Gasteiger partial charge in [-0.2, -0.15) is 0 Å². The smallest absolute Gasteiger partial charge is 0.146 e. The molecule has 0 saturated carbocycles. The van der Waals surface area contributed by atoms with Gasteiger partial charge in [-0.05, 0) is 45.2 Å². The zero-order valence-corrected chi connectivity index (χ0v) is 9.05. The highest BCUT2D eigenvalue weighted by Crippen LogP contribution is 2.19. The van der Waals surface area contributed by atoms with Crippen molar-refractivity contribution in [1.29, 1.82) is 0 Å². The number of rotatable bonds is 3. The van der Waals surface area contributed by atoms with Crippen molar-refractivity contribution in [1.82, 2.24) is 4.90 Å². The van der Waals surface area contributed by atoms with E-state index < -0.39 is 0 Å². The molecule has 2 nitrogen and oxygen atoms in total. The first-order chi connectivity index (χ1) is 6.15. The van der Waals surface area contributed by atoms with Gasteiger partial charge in [-0.3, -0.25) is 9.69 Å². The van der Waals surface area contributed by atoms with Gasteiger partial charge >= 0.3 is 0 Å². The van der Waals surface area contributed by atoms with Crippen LogP contribution in [0.15, 0.2) is 0 Å².